The average Bonchev–Trinajstić information content (AvgIpc) is 3.16. The van der Waals surface area contributed by atoms with Gasteiger partial charge in [-0.3, -0.25) is 9.48 Å². The third kappa shape index (κ3) is 2.95. The minimum atomic E-state index is 0.0450. The van der Waals surface area contributed by atoms with E-state index in [2.05, 4.69) is 28.5 Å². The SMILES string of the molecule is Cc1cc(C)n(CC[C@H]2CC(=O)Nc3c2cnn3-c2ccccc2)n1. The monoisotopic (exact) mass is 335 g/mol. The number of amides is 1. The molecule has 6 nitrogen and oxygen atoms in total. The number of aromatic nitrogens is 4. The van der Waals surface area contributed by atoms with Crippen LogP contribution in [0.25, 0.3) is 5.69 Å². The highest BCUT2D eigenvalue weighted by Crippen LogP contribution is 2.36. The van der Waals surface area contributed by atoms with Gasteiger partial charge in [0.25, 0.3) is 0 Å². The van der Waals surface area contributed by atoms with Gasteiger partial charge in [0.1, 0.15) is 5.82 Å². The van der Waals surface area contributed by atoms with Gasteiger partial charge in [-0.15, -0.1) is 0 Å². The third-order valence-corrected chi connectivity index (χ3v) is 4.72. The number of carbonyl (C=O) groups is 1. The van der Waals surface area contributed by atoms with Crippen LogP contribution in [0.5, 0.6) is 0 Å². The van der Waals surface area contributed by atoms with Gasteiger partial charge in [0, 0.05) is 24.2 Å². The molecule has 3 heterocycles. The van der Waals surface area contributed by atoms with Crippen LogP contribution in [0.2, 0.25) is 0 Å². The minimum absolute atomic E-state index is 0.0450. The summed E-state index contributed by atoms with van der Waals surface area (Å²) in [6.45, 7) is 4.86. The van der Waals surface area contributed by atoms with Crippen molar-refractivity contribution in [3.63, 3.8) is 0 Å². The van der Waals surface area contributed by atoms with E-state index in [0.29, 0.717) is 6.42 Å². The van der Waals surface area contributed by atoms with Crippen LogP contribution in [0.3, 0.4) is 0 Å². The van der Waals surface area contributed by atoms with Gasteiger partial charge >= 0.3 is 0 Å². The van der Waals surface area contributed by atoms with E-state index in [1.54, 1.807) is 0 Å². The van der Waals surface area contributed by atoms with Gasteiger partial charge in [-0.05, 0) is 44.4 Å². The molecule has 0 radical (unpaired) electrons. The molecule has 6 heteroatoms. The summed E-state index contributed by atoms with van der Waals surface area (Å²) < 4.78 is 3.83. The Bertz CT molecular complexity index is 909. The fourth-order valence-electron chi connectivity index (χ4n) is 3.50. The van der Waals surface area contributed by atoms with Crippen LogP contribution in [-0.4, -0.2) is 25.5 Å². The number of nitrogens with zero attached hydrogens (tertiary/aromatic N) is 4. The Morgan fingerprint density at radius 3 is 2.76 bits per heavy atom. The number of nitrogens with one attached hydrogen (secondary N) is 1. The lowest BCUT2D eigenvalue weighted by molar-refractivity contribution is -0.116. The first-order valence-corrected chi connectivity index (χ1v) is 8.56. The first-order valence-electron chi connectivity index (χ1n) is 8.56. The standard InChI is InChI=1S/C19H21N5O/c1-13-10-14(2)23(22-13)9-8-15-11-18(25)21-19-17(15)12-20-24(19)16-6-4-3-5-7-16/h3-7,10,12,15H,8-9,11H2,1-2H3,(H,21,25)/t15-/m0/s1. The lowest BCUT2D eigenvalue weighted by Crippen LogP contribution is -2.25. The molecular formula is C19H21N5O. The highest BCUT2D eigenvalue weighted by atomic mass is 16.1. The van der Waals surface area contributed by atoms with Gasteiger partial charge in [-0.2, -0.15) is 10.2 Å². The van der Waals surface area contributed by atoms with Crippen molar-refractivity contribution >= 4 is 11.7 Å². The molecule has 0 saturated carbocycles. The van der Waals surface area contributed by atoms with E-state index in [0.717, 1.165) is 41.4 Å². The Hall–Kier alpha value is -2.89. The maximum atomic E-state index is 12.2. The van der Waals surface area contributed by atoms with Crippen molar-refractivity contribution in [1.29, 1.82) is 0 Å². The van der Waals surface area contributed by atoms with Crippen molar-refractivity contribution in [3.05, 3.63) is 59.5 Å². The summed E-state index contributed by atoms with van der Waals surface area (Å²) in [7, 11) is 0. The summed E-state index contributed by atoms with van der Waals surface area (Å²) in [5.41, 5.74) is 4.22. The summed E-state index contributed by atoms with van der Waals surface area (Å²) >= 11 is 0. The van der Waals surface area contributed by atoms with E-state index in [9.17, 15) is 4.79 Å². The first kappa shape index (κ1) is 15.6. The molecule has 1 N–H and O–H groups in total. The number of fused-ring (bicyclic) bond motifs is 1. The van der Waals surface area contributed by atoms with Gasteiger partial charge in [0.2, 0.25) is 5.91 Å². The predicted molar refractivity (Wildman–Crippen MR) is 95.9 cm³/mol. The van der Waals surface area contributed by atoms with Gasteiger partial charge in [-0.25, -0.2) is 4.68 Å². The zero-order valence-corrected chi connectivity index (χ0v) is 14.4. The van der Waals surface area contributed by atoms with E-state index >= 15 is 0 Å². The van der Waals surface area contributed by atoms with Gasteiger partial charge in [0.15, 0.2) is 0 Å². The molecule has 0 spiro atoms. The molecule has 0 saturated heterocycles. The van der Waals surface area contributed by atoms with Crippen molar-refractivity contribution in [2.75, 3.05) is 5.32 Å². The quantitative estimate of drug-likeness (QED) is 0.796. The molecule has 0 fully saturated rings. The molecule has 25 heavy (non-hydrogen) atoms. The topological polar surface area (TPSA) is 64.7 Å². The zero-order chi connectivity index (χ0) is 17.4. The highest BCUT2D eigenvalue weighted by molar-refractivity contribution is 5.94. The average molecular weight is 335 g/mol. The van der Waals surface area contributed by atoms with Crippen LogP contribution in [0.4, 0.5) is 5.82 Å². The molecule has 1 atom stereocenters. The third-order valence-electron chi connectivity index (χ3n) is 4.72. The molecule has 0 unspecified atom stereocenters. The van der Waals surface area contributed by atoms with Crippen LogP contribution in [0.1, 0.15) is 35.7 Å². The second-order valence-corrected chi connectivity index (χ2v) is 6.58. The molecular weight excluding hydrogens is 314 g/mol. The zero-order valence-electron chi connectivity index (χ0n) is 14.4. The summed E-state index contributed by atoms with van der Waals surface area (Å²) in [4.78, 5) is 12.2. The van der Waals surface area contributed by atoms with E-state index in [-0.39, 0.29) is 11.8 Å². The van der Waals surface area contributed by atoms with Gasteiger partial charge in [0.05, 0.1) is 17.6 Å². The second kappa shape index (κ2) is 6.20. The minimum Gasteiger partial charge on any atom is -0.310 e. The Morgan fingerprint density at radius 2 is 2.04 bits per heavy atom. The summed E-state index contributed by atoms with van der Waals surface area (Å²) in [6.07, 6.45) is 3.24. The van der Waals surface area contributed by atoms with E-state index < -0.39 is 0 Å². The number of benzene rings is 1. The van der Waals surface area contributed by atoms with Crippen LogP contribution in [0.15, 0.2) is 42.6 Å². The summed E-state index contributed by atoms with van der Waals surface area (Å²) in [6, 6.07) is 11.9. The Morgan fingerprint density at radius 1 is 1.24 bits per heavy atom. The van der Waals surface area contributed by atoms with Crippen molar-refractivity contribution in [3.8, 4) is 5.69 Å². The van der Waals surface area contributed by atoms with E-state index in [1.165, 1.54) is 0 Å². The molecule has 128 valence electrons. The Labute approximate surface area is 146 Å². The van der Waals surface area contributed by atoms with Gasteiger partial charge < -0.3 is 5.32 Å². The fourth-order valence-corrected chi connectivity index (χ4v) is 3.50. The number of hydrogen-bond acceptors (Lipinski definition) is 3. The van der Waals surface area contributed by atoms with E-state index in [1.807, 2.05) is 52.8 Å². The number of para-hydroxylation sites is 1. The molecule has 1 aliphatic rings. The molecule has 2 aromatic heterocycles. The van der Waals surface area contributed by atoms with Crippen molar-refractivity contribution in [2.24, 2.45) is 0 Å². The molecule has 3 aromatic rings. The molecule has 0 bridgehead atoms. The summed E-state index contributed by atoms with van der Waals surface area (Å²) in [5.74, 6) is 0.995. The largest absolute Gasteiger partial charge is 0.310 e. The van der Waals surface area contributed by atoms with Crippen LogP contribution >= 0.6 is 0 Å². The Kier molecular flexibility index (Phi) is 3.87. The number of carbonyl (C=O) groups excluding carboxylic acids is 1. The predicted octanol–water partition coefficient (Wildman–Crippen LogP) is 3.20. The number of anilines is 1. The maximum absolute atomic E-state index is 12.2. The van der Waals surface area contributed by atoms with Crippen LogP contribution in [-0.2, 0) is 11.3 Å². The van der Waals surface area contributed by atoms with E-state index in [4.69, 9.17) is 0 Å². The maximum Gasteiger partial charge on any atom is 0.226 e. The molecule has 1 amide bonds. The Balaban J connectivity index is 1.61. The van der Waals surface area contributed by atoms with Crippen molar-refractivity contribution < 1.29 is 4.79 Å². The first-order chi connectivity index (χ1) is 12.1. The number of rotatable bonds is 4. The second-order valence-electron chi connectivity index (χ2n) is 6.58. The van der Waals surface area contributed by atoms with Crippen LogP contribution in [0, 0.1) is 13.8 Å². The normalized spacial score (nSPS) is 16.6. The van der Waals surface area contributed by atoms with Crippen molar-refractivity contribution in [2.45, 2.75) is 39.2 Å². The summed E-state index contributed by atoms with van der Waals surface area (Å²) in [5, 5.41) is 12.0. The number of aryl methyl sites for hydroxylation is 3. The fraction of sp³-hybridized carbons (Fsp3) is 0.316. The molecule has 0 aliphatic carbocycles. The number of hydrogen-bond donors (Lipinski definition) is 1. The lowest BCUT2D eigenvalue weighted by Gasteiger charge is -2.23. The molecule has 4 rings (SSSR count). The van der Waals surface area contributed by atoms with Crippen molar-refractivity contribution in [1.82, 2.24) is 19.6 Å². The molecule has 1 aliphatic heterocycles. The van der Waals surface area contributed by atoms with Crippen LogP contribution < -0.4 is 5.32 Å². The molecule has 1 aromatic carbocycles. The smallest absolute Gasteiger partial charge is 0.226 e. The van der Waals surface area contributed by atoms with Gasteiger partial charge in [-0.1, -0.05) is 18.2 Å². The highest BCUT2D eigenvalue weighted by Gasteiger charge is 2.29. The lowest BCUT2D eigenvalue weighted by atomic mass is 9.91.